The quantitative estimate of drug-likeness (QED) is 0.0261. The van der Waals surface area contributed by atoms with Gasteiger partial charge in [0, 0.05) is 19.3 Å². The van der Waals surface area contributed by atoms with Gasteiger partial charge in [-0.2, -0.15) is 0 Å². The second-order valence-electron chi connectivity index (χ2n) is 25.6. The highest BCUT2D eigenvalue weighted by atomic mass is 16.6. The van der Waals surface area contributed by atoms with Crippen molar-refractivity contribution in [2.75, 3.05) is 13.2 Å². The van der Waals surface area contributed by atoms with E-state index >= 15 is 0 Å². The maximum absolute atomic E-state index is 12.9. The minimum absolute atomic E-state index is 0.0667. The lowest BCUT2D eigenvalue weighted by molar-refractivity contribution is -0.167. The summed E-state index contributed by atoms with van der Waals surface area (Å²) in [4.78, 5) is 38.1. The maximum atomic E-state index is 12.9. The molecule has 1 unspecified atom stereocenters. The van der Waals surface area contributed by atoms with Gasteiger partial charge in [0.25, 0.3) is 0 Å². The fourth-order valence-corrected chi connectivity index (χ4v) is 11.5. The summed E-state index contributed by atoms with van der Waals surface area (Å²) >= 11 is 0. The third-order valence-electron chi connectivity index (χ3n) is 17.1. The zero-order valence-electron chi connectivity index (χ0n) is 56.2. The Kier molecular flexibility index (Phi) is 70.0. The van der Waals surface area contributed by atoms with Crippen LogP contribution in [0.4, 0.5) is 0 Å². The van der Waals surface area contributed by atoms with E-state index in [9.17, 15) is 14.4 Å². The van der Waals surface area contributed by atoms with Gasteiger partial charge >= 0.3 is 17.9 Å². The topological polar surface area (TPSA) is 78.9 Å². The molecule has 0 spiro atoms. The predicted molar refractivity (Wildman–Crippen MR) is 362 cm³/mol. The lowest BCUT2D eigenvalue weighted by Crippen LogP contribution is -2.30. The second kappa shape index (κ2) is 72.1. The number of rotatable bonds is 70. The van der Waals surface area contributed by atoms with Crippen LogP contribution in [0.3, 0.4) is 0 Å². The highest BCUT2D eigenvalue weighted by Crippen LogP contribution is 2.19. The van der Waals surface area contributed by atoms with Crippen LogP contribution >= 0.6 is 0 Å². The molecule has 0 amide bonds. The molecule has 0 N–H and O–H groups in total. The van der Waals surface area contributed by atoms with Crippen molar-refractivity contribution >= 4 is 17.9 Å². The standard InChI is InChI=1S/C77H144O6/c1-4-7-10-13-15-17-19-21-23-25-27-29-31-33-35-37-38-40-41-43-45-47-49-51-53-55-57-59-61-64-67-70-76(79)82-73-74(72-81-75(78)69-66-63-12-9-6-3)83-77(80)71-68-65-62-60-58-56-54-52-50-48-46-44-42-39-36-34-32-30-28-26-24-22-20-18-16-14-11-8-5-2/h19,21,25,27,31,33,74H,4-18,20,22-24,26,28-30,32,34-73H2,1-3H3/b21-19-,27-25-,33-31-. The van der Waals surface area contributed by atoms with Crippen LogP contribution in [-0.2, 0) is 28.6 Å². The summed E-state index contributed by atoms with van der Waals surface area (Å²) in [6.07, 6.45) is 91.1. The van der Waals surface area contributed by atoms with E-state index in [-0.39, 0.29) is 31.1 Å². The molecule has 0 aromatic carbocycles. The van der Waals surface area contributed by atoms with Crippen molar-refractivity contribution in [2.24, 2.45) is 0 Å². The smallest absolute Gasteiger partial charge is 0.306 e. The number of unbranched alkanes of at least 4 members (excludes halogenated alkanes) is 53. The molecular formula is C77H144O6. The van der Waals surface area contributed by atoms with Crippen molar-refractivity contribution in [2.45, 2.75) is 425 Å². The summed E-state index contributed by atoms with van der Waals surface area (Å²) in [5, 5.41) is 0. The van der Waals surface area contributed by atoms with Crippen molar-refractivity contribution in [1.29, 1.82) is 0 Å². The fourth-order valence-electron chi connectivity index (χ4n) is 11.5. The number of hydrogen-bond acceptors (Lipinski definition) is 6. The average Bonchev–Trinajstić information content (AvgIpc) is 3.49. The number of hydrogen-bond donors (Lipinski definition) is 0. The van der Waals surface area contributed by atoms with Gasteiger partial charge in [-0.1, -0.05) is 378 Å². The Morgan fingerprint density at radius 2 is 0.434 bits per heavy atom. The van der Waals surface area contributed by atoms with Crippen LogP contribution < -0.4 is 0 Å². The van der Waals surface area contributed by atoms with E-state index < -0.39 is 6.10 Å². The van der Waals surface area contributed by atoms with Gasteiger partial charge in [-0.15, -0.1) is 0 Å². The molecule has 0 rings (SSSR count). The van der Waals surface area contributed by atoms with E-state index in [2.05, 4.69) is 57.2 Å². The Bertz CT molecular complexity index is 1380. The summed E-state index contributed by atoms with van der Waals surface area (Å²) < 4.78 is 16.8. The summed E-state index contributed by atoms with van der Waals surface area (Å²) in [5.41, 5.74) is 0. The van der Waals surface area contributed by atoms with Crippen LogP contribution in [-0.4, -0.2) is 37.2 Å². The first-order valence-electron chi connectivity index (χ1n) is 37.5. The van der Waals surface area contributed by atoms with Gasteiger partial charge in [0.2, 0.25) is 0 Å². The molecule has 0 bridgehead atoms. The van der Waals surface area contributed by atoms with Gasteiger partial charge in [-0.05, 0) is 57.8 Å². The molecule has 0 aromatic rings. The second-order valence-corrected chi connectivity index (χ2v) is 25.6. The molecule has 0 aliphatic heterocycles. The monoisotopic (exact) mass is 1170 g/mol. The van der Waals surface area contributed by atoms with Crippen molar-refractivity contribution in [3.05, 3.63) is 36.5 Å². The predicted octanol–water partition coefficient (Wildman–Crippen LogP) is 25.9. The SMILES string of the molecule is CCCCCCC/C=C\C/C=C\C/C=C\CCCCCCCCCCCCCCCCCCC(=O)OCC(COC(=O)CCCCCCC)OC(=O)CCCCCCCCCCCCCCCCCCCCCCCCCCCCCCC. The molecular weight excluding hydrogens is 1020 g/mol. The molecule has 0 heterocycles. The van der Waals surface area contributed by atoms with Crippen molar-refractivity contribution < 1.29 is 28.6 Å². The van der Waals surface area contributed by atoms with E-state index in [0.29, 0.717) is 19.3 Å². The Labute approximate surface area is 518 Å². The van der Waals surface area contributed by atoms with Gasteiger partial charge in [0.1, 0.15) is 13.2 Å². The number of esters is 3. The zero-order valence-corrected chi connectivity index (χ0v) is 56.2. The molecule has 0 saturated carbocycles. The Balaban J connectivity index is 3.89. The molecule has 0 aliphatic rings. The van der Waals surface area contributed by atoms with Gasteiger partial charge in [0.15, 0.2) is 6.10 Å². The minimum Gasteiger partial charge on any atom is -0.462 e. The molecule has 6 nitrogen and oxygen atoms in total. The number of carbonyl (C=O) groups is 3. The molecule has 0 saturated heterocycles. The van der Waals surface area contributed by atoms with E-state index in [4.69, 9.17) is 14.2 Å². The van der Waals surface area contributed by atoms with Gasteiger partial charge in [-0.3, -0.25) is 14.4 Å². The molecule has 6 heteroatoms. The molecule has 0 fully saturated rings. The number of allylic oxidation sites excluding steroid dienone is 6. The maximum Gasteiger partial charge on any atom is 0.306 e. The highest BCUT2D eigenvalue weighted by molar-refractivity contribution is 5.71. The number of carbonyl (C=O) groups excluding carboxylic acids is 3. The molecule has 0 aliphatic carbocycles. The lowest BCUT2D eigenvalue weighted by atomic mass is 10.0. The first kappa shape index (κ1) is 80.6. The Morgan fingerprint density at radius 3 is 0.675 bits per heavy atom. The highest BCUT2D eigenvalue weighted by Gasteiger charge is 2.19. The lowest BCUT2D eigenvalue weighted by Gasteiger charge is -2.18. The molecule has 488 valence electrons. The minimum atomic E-state index is -0.766. The first-order valence-corrected chi connectivity index (χ1v) is 37.5. The van der Waals surface area contributed by atoms with Crippen molar-refractivity contribution in [3.8, 4) is 0 Å². The normalized spacial score (nSPS) is 12.2. The number of ether oxygens (including phenoxy) is 3. The van der Waals surface area contributed by atoms with E-state index in [1.165, 1.54) is 302 Å². The zero-order chi connectivity index (χ0) is 59.9. The average molecular weight is 1170 g/mol. The van der Waals surface area contributed by atoms with Gasteiger partial charge in [-0.25, -0.2) is 0 Å². The molecule has 0 aromatic heterocycles. The Morgan fingerprint density at radius 1 is 0.241 bits per heavy atom. The van der Waals surface area contributed by atoms with E-state index in [1.54, 1.807) is 0 Å². The van der Waals surface area contributed by atoms with Crippen LogP contribution in [0.2, 0.25) is 0 Å². The van der Waals surface area contributed by atoms with Crippen molar-refractivity contribution in [3.63, 3.8) is 0 Å². The summed E-state index contributed by atoms with van der Waals surface area (Å²) in [7, 11) is 0. The third kappa shape index (κ3) is 70.3. The van der Waals surface area contributed by atoms with Gasteiger partial charge < -0.3 is 14.2 Å². The summed E-state index contributed by atoms with van der Waals surface area (Å²) in [6, 6.07) is 0. The molecule has 83 heavy (non-hydrogen) atoms. The van der Waals surface area contributed by atoms with Crippen LogP contribution in [0.5, 0.6) is 0 Å². The summed E-state index contributed by atoms with van der Waals surface area (Å²) in [5.74, 6) is -0.852. The van der Waals surface area contributed by atoms with Crippen molar-refractivity contribution in [1.82, 2.24) is 0 Å². The summed E-state index contributed by atoms with van der Waals surface area (Å²) in [6.45, 7) is 6.62. The van der Waals surface area contributed by atoms with Crippen LogP contribution in [0.25, 0.3) is 0 Å². The van der Waals surface area contributed by atoms with E-state index in [0.717, 1.165) is 77.0 Å². The fraction of sp³-hybridized carbons (Fsp3) is 0.883. The molecule has 1 atom stereocenters. The Hall–Kier alpha value is -2.37. The largest absolute Gasteiger partial charge is 0.462 e. The van der Waals surface area contributed by atoms with Gasteiger partial charge in [0.05, 0.1) is 0 Å². The van der Waals surface area contributed by atoms with Crippen LogP contribution in [0.15, 0.2) is 36.5 Å². The van der Waals surface area contributed by atoms with Crippen LogP contribution in [0.1, 0.15) is 419 Å². The first-order chi connectivity index (χ1) is 41.0. The van der Waals surface area contributed by atoms with E-state index in [1.807, 2.05) is 0 Å². The molecule has 0 radical (unpaired) electrons. The third-order valence-corrected chi connectivity index (χ3v) is 17.1. The van der Waals surface area contributed by atoms with Crippen LogP contribution in [0, 0.1) is 0 Å².